The standard InChI is InChI=1S/C2H6O6S3/c1-11(7,8)2(9(3)4)10(5)6/h2H,1H3,(H,3,4)(H,5,6)/p-2. The van der Waals surface area contributed by atoms with E-state index in [0.717, 1.165) is 0 Å². The van der Waals surface area contributed by atoms with E-state index in [-0.39, 0.29) is 0 Å². The van der Waals surface area contributed by atoms with E-state index in [0.29, 0.717) is 6.26 Å². The van der Waals surface area contributed by atoms with Crippen LogP contribution >= 0.6 is 0 Å². The van der Waals surface area contributed by atoms with Crippen LogP contribution in [0.2, 0.25) is 0 Å². The fourth-order valence-corrected chi connectivity index (χ4v) is 3.15. The summed E-state index contributed by atoms with van der Waals surface area (Å²) >= 11 is -6.31. The van der Waals surface area contributed by atoms with Gasteiger partial charge in [-0.2, -0.15) is 0 Å². The van der Waals surface area contributed by atoms with Crippen molar-refractivity contribution in [1.29, 1.82) is 0 Å². The average molecular weight is 220 g/mol. The van der Waals surface area contributed by atoms with Gasteiger partial charge >= 0.3 is 0 Å². The molecule has 0 fully saturated rings. The van der Waals surface area contributed by atoms with Crippen LogP contribution in [-0.2, 0) is 32.0 Å². The highest BCUT2D eigenvalue weighted by Crippen LogP contribution is 2.05. The average Bonchev–Trinajstić information content (AvgIpc) is 1.54. The topological polar surface area (TPSA) is 114 Å². The predicted octanol–water partition coefficient (Wildman–Crippen LogP) is -1.93. The van der Waals surface area contributed by atoms with E-state index >= 15 is 0 Å². The van der Waals surface area contributed by atoms with Gasteiger partial charge in [-0.3, -0.25) is 8.42 Å². The van der Waals surface area contributed by atoms with Crippen molar-refractivity contribution in [3.63, 3.8) is 0 Å². The van der Waals surface area contributed by atoms with Crippen LogP contribution in [0.25, 0.3) is 0 Å². The lowest BCUT2D eigenvalue weighted by atomic mass is 11.8. The van der Waals surface area contributed by atoms with E-state index in [2.05, 4.69) is 0 Å². The monoisotopic (exact) mass is 220 g/mol. The van der Waals surface area contributed by atoms with Crippen molar-refractivity contribution in [2.75, 3.05) is 6.26 Å². The lowest BCUT2D eigenvalue weighted by Gasteiger charge is -2.19. The van der Waals surface area contributed by atoms with Crippen LogP contribution in [0.15, 0.2) is 0 Å². The maximum Gasteiger partial charge on any atom is 0.184 e. The van der Waals surface area contributed by atoms with E-state index in [4.69, 9.17) is 0 Å². The molecule has 11 heavy (non-hydrogen) atoms. The molecule has 0 saturated carbocycles. The minimum Gasteiger partial charge on any atom is -0.771 e. The highest BCUT2D eigenvalue weighted by Gasteiger charge is 2.22. The Morgan fingerprint density at radius 2 is 1.45 bits per heavy atom. The van der Waals surface area contributed by atoms with Gasteiger partial charge in [-0.15, -0.1) is 0 Å². The molecular weight excluding hydrogens is 216 g/mol. The third-order valence-corrected chi connectivity index (χ3v) is 5.97. The summed E-state index contributed by atoms with van der Waals surface area (Å²) in [6, 6.07) is 0. The second kappa shape index (κ2) is 3.72. The number of hydrogen-bond donors (Lipinski definition) is 0. The summed E-state index contributed by atoms with van der Waals surface area (Å²) in [5.74, 6) is 0. The Balaban J connectivity index is 4.94. The van der Waals surface area contributed by atoms with E-state index in [1.807, 2.05) is 0 Å². The zero-order chi connectivity index (χ0) is 9.23. The Hall–Kier alpha value is 0.170. The van der Waals surface area contributed by atoms with Crippen molar-refractivity contribution in [3.8, 4) is 0 Å². The number of hydrogen-bond acceptors (Lipinski definition) is 6. The van der Waals surface area contributed by atoms with Gasteiger partial charge in [0.2, 0.25) is 0 Å². The summed E-state index contributed by atoms with van der Waals surface area (Å²) in [5.41, 5.74) is 0. The molecule has 9 heteroatoms. The van der Waals surface area contributed by atoms with E-state index in [1.54, 1.807) is 0 Å². The van der Waals surface area contributed by atoms with Crippen molar-refractivity contribution in [1.82, 2.24) is 0 Å². The molecule has 2 unspecified atom stereocenters. The quantitative estimate of drug-likeness (QED) is 0.512. The molecule has 6 nitrogen and oxygen atoms in total. The van der Waals surface area contributed by atoms with Crippen molar-refractivity contribution in [3.05, 3.63) is 0 Å². The molecule has 68 valence electrons. The van der Waals surface area contributed by atoms with Crippen LogP contribution in [0.1, 0.15) is 0 Å². The van der Waals surface area contributed by atoms with Crippen LogP contribution in [0, 0.1) is 0 Å². The Labute approximate surface area is 68.5 Å². The van der Waals surface area contributed by atoms with E-state index in [1.165, 1.54) is 0 Å². The highest BCUT2D eigenvalue weighted by atomic mass is 32.3. The van der Waals surface area contributed by atoms with Gasteiger partial charge in [0, 0.05) is 6.26 Å². The molecule has 0 bridgehead atoms. The molecule has 0 aromatic rings. The zero-order valence-electron chi connectivity index (χ0n) is 5.25. The van der Waals surface area contributed by atoms with Crippen LogP contribution in [0.5, 0.6) is 0 Å². The first-order valence-corrected chi connectivity index (χ1v) is 6.35. The zero-order valence-corrected chi connectivity index (χ0v) is 7.70. The maximum absolute atomic E-state index is 10.4. The number of rotatable bonds is 3. The number of sulfone groups is 1. The predicted molar refractivity (Wildman–Crippen MR) is 36.5 cm³/mol. The highest BCUT2D eigenvalue weighted by molar-refractivity contribution is 8.17. The lowest BCUT2D eigenvalue weighted by molar-refractivity contribution is 0.520. The van der Waals surface area contributed by atoms with Crippen molar-refractivity contribution < 1.29 is 25.9 Å². The first-order chi connectivity index (χ1) is 4.76. The molecular formula is C2H4O6S3-2. The van der Waals surface area contributed by atoms with Crippen molar-refractivity contribution in [2.45, 2.75) is 3.91 Å². The summed E-state index contributed by atoms with van der Waals surface area (Å²) in [7, 11) is -4.09. The molecule has 2 atom stereocenters. The first kappa shape index (κ1) is 11.2. The van der Waals surface area contributed by atoms with Gasteiger partial charge in [0.05, 0.1) is 0 Å². The molecule has 0 aliphatic rings. The van der Waals surface area contributed by atoms with E-state index < -0.39 is 35.9 Å². The summed E-state index contributed by atoms with van der Waals surface area (Å²) in [4.78, 5) is 0. The molecule has 0 saturated heterocycles. The SMILES string of the molecule is CS(=O)(=O)C(S(=O)[O-])S(=O)[O-]. The minimum absolute atomic E-state index is 0.531. The van der Waals surface area contributed by atoms with Gasteiger partial charge in [-0.25, -0.2) is 8.42 Å². The minimum atomic E-state index is -4.09. The molecule has 0 aliphatic carbocycles. The Kier molecular flexibility index (Phi) is 3.77. The lowest BCUT2D eigenvalue weighted by Crippen LogP contribution is -2.29. The van der Waals surface area contributed by atoms with Gasteiger partial charge < -0.3 is 9.11 Å². The molecule has 0 N–H and O–H groups in total. The van der Waals surface area contributed by atoms with Crippen LogP contribution < -0.4 is 0 Å². The summed E-state index contributed by atoms with van der Waals surface area (Å²) in [5, 5.41) is 0. The van der Waals surface area contributed by atoms with Gasteiger partial charge in [0.25, 0.3) is 0 Å². The molecule has 0 aliphatic heterocycles. The van der Waals surface area contributed by atoms with Gasteiger partial charge in [-0.1, -0.05) is 0 Å². The van der Waals surface area contributed by atoms with Crippen molar-refractivity contribution in [2.24, 2.45) is 0 Å². The Morgan fingerprint density at radius 1 is 1.18 bits per heavy atom. The molecule has 0 heterocycles. The Morgan fingerprint density at radius 3 is 1.45 bits per heavy atom. The molecule has 0 aromatic carbocycles. The third kappa shape index (κ3) is 3.38. The summed E-state index contributed by atoms with van der Waals surface area (Å²) in [6.07, 6.45) is 0.531. The first-order valence-electron chi connectivity index (χ1n) is 2.12. The Bertz CT molecular complexity index is 262. The van der Waals surface area contributed by atoms with Crippen LogP contribution in [-0.4, -0.2) is 36.1 Å². The van der Waals surface area contributed by atoms with Crippen LogP contribution in [0.3, 0.4) is 0 Å². The summed E-state index contributed by atoms with van der Waals surface area (Å²) < 4.78 is 58.6. The second-order valence-corrected chi connectivity index (χ2v) is 6.65. The largest absolute Gasteiger partial charge is 0.771 e. The van der Waals surface area contributed by atoms with Gasteiger partial charge in [0.15, 0.2) is 13.8 Å². The van der Waals surface area contributed by atoms with Gasteiger partial charge in [0.1, 0.15) is 0 Å². The molecule has 0 rings (SSSR count). The molecule has 0 spiro atoms. The molecule has 0 aromatic heterocycles. The molecule has 0 amide bonds. The fraction of sp³-hybridized carbons (Fsp3) is 1.00. The second-order valence-electron chi connectivity index (χ2n) is 1.64. The molecule has 0 radical (unpaired) electrons. The fourth-order valence-electron chi connectivity index (χ4n) is 0.350. The third-order valence-electron chi connectivity index (χ3n) is 0.664. The maximum atomic E-state index is 10.4. The van der Waals surface area contributed by atoms with Gasteiger partial charge in [-0.05, 0) is 22.2 Å². The summed E-state index contributed by atoms with van der Waals surface area (Å²) in [6.45, 7) is 0. The van der Waals surface area contributed by atoms with Crippen LogP contribution in [0.4, 0.5) is 0 Å². The van der Waals surface area contributed by atoms with E-state index in [9.17, 15) is 25.9 Å². The normalized spacial score (nSPS) is 20.6. The smallest absolute Gasteiger partial charge is 0.184 e. The van der Waals surface area contributed by atoms with Crippen molar-refractivity contribution >= 4 is 32.0 Å².